The molecule has 0 radical (unpaired) electrons. The van der Waals surface area contributed by atoms with Crippen LogP contribution >= 0.6 is 0 Å². The van der Waals surface area contributed by atoms with Crippen molar-refractivity contribution in [3.63, 3.8) is 0 Å². The molecule has 0 spiro atoms. The van der Waals surface area contributed by atoms with E-state index in [1.54, 1.807) is 0 Å². The van der Waals surface area contributed by atoms with Gasteiger partial charge in [-0.05, 0) is 49.5 Å². The predicted octanol–water partition coefficient (Wildman–Crippen LogP) is 2.00. The molecular formula is C25H35N3O4. The van der Waals surface area contributed by atoms with E-state index in [4.69, 9.17) is 0 Å². The molecule has 3 amide bonds. The van der Waals surface area contributed by atoms with Gasteiger partial charge in [0, 0.05) is 18.4 Å². The van der Waals surface area contributed by atoms with Gasteiger partial charge >= 0.3 is 0 Å². The normalized spacial score (nSPS) is 29.6. The Kier molecular flexibility index (Phi) is 8.42. The van der Waals surface area contributed by atoms with Gasteiger partial charge in [-0.3, -0.25) is 14.4 Å². The van der Waals surface area contributed by atoms with E-state index in [-0.39, 0.29) is 41.4 Å². The SMILES string of the molecule is CC(C)C[C@@H]1NC(=O)[C@@H](Cc2ccccc2)CCC[C@@H]2CNC(=O)[C@@H]2CC(C=O)NC1=O. The number of amides is 3. The summed E-state index contributed by atoms with van der Waals surface area (Å²) in [5, 5.41) is 8.65. The lowest BCUT2D eigenvalue weighted by Crippen LogP contribution is -2.52. The van der Waals surface area contributed by atoms with Crippen molar-refractivity contribution in [3.05, 3.63) is 35.9 Å². The average molecular weight is 442 g/mol. The fourth-order valence-corrected chi connectivity index (χ4v) is 4.87. The fraction of sp³-hybridized carbons (Fsp3) is 0.600. The molecule has 1 aromatic rings. The molecule has 3 rings (SSSR count). The van der Waals surface area contributed by atoms with Crippen LogP contribution in [0.15, 0.2) is 30.3 Å². The fourth-order valence-electron chi connectivity index (χ4n) is 4.87. The second kappa shape index (κ2) is 11.2. The Morgan fingerprint density at radius 3 is 2.44 bits per heavy atom. The zero-order chi connectivity index (χ0) is 23.1. The number of aldehydes is 1. The first-order chi connectivity index (χ1) is 15.4. The molecule has 32 heavy (non-hydrogen) atoms. The predicted molar refractivity (Wildman–Crippen MR) is 121 cm³/mol. The third kappa shape index (κ3) is 6.40. The van der Waals surface area contributed by atoms with Crippen LogP contribution in [0, 0.1) is 23.7 Å². The van der Waals surface area contributed by atoms with Gasteiger partial charge in [-0.15, -0.1) is 0 Å². The van der Waals surface area contributed by atoms with Crippen LogP contribution in [0.5, 0.6) is 0 Å². The number of fused-ring (bicyclic) bond motifs is 1. The Morgan fingerprint density at radius 2 is 1.75 bits per heavy atom. The van der Waals surface area contributed by atoms with E-state index >= 15 is 0 Å². The Balaban J connectivity index is 1.85. The van der Waals surface area contributed by atoms with Crippen molar-refractivity contribution in [1.29, 1.82) is 0 Å². The summed E-state index contributed by atoms with van der Waals surface area (Å²) in [6.45, 7) is 4.56. The van der Waals surface area contributed by atoms with Gasteiger partial charge in [0.25, 0.3) is 0 Å². The van der Waals surface area contributed by atoms with Crippen LogP contribution in [0.1, 0.15) is 51.5 Å². The standard InChI is InChI=1S/C25H35N3O4/c1-16(2)11-22-25(32)27-20(15-29)13-21-19(14-26-24(21)31)10-6-9-18(23(30)28-22)12-17-7-4-3-5-8-17/h3-5,7-8,15-16,18-22H,6,9-14H2,1-2H3,(H,26,31)(H,27,32)(H,28,30)/t18-,19-,20?,21-,22+/m1/s1. The minimum atomic E-state index is -0.744. The summed E-state index contributed by atoms with van der Waals surface area (Å²) in [6, 6.07) is 8.44. The molecule has 2 saturated heterocycles. The van der Waals surface area contributed by atoms with Crippen molar-refractivity contribution in [2.45, 2.75) is 64.5 Å². The summed E-state index contributed by atoms with van der Waals surface area (Å²) in [5.74, 6) is -0.814. The number of carbonyl (C=O) groups excluding carboxylic acids is 4. The second-order valence-corrected chi connectivity index (χ2v) is 9.61. The molecule has 2 fully saturated rings. The van der Waals surface area contributed by atoms with Gasteiger partial charge in [0.2, 0.25) is 17.7 Å². The molecular weight excluding hydrogens is 406 g/mol. The van der Waals surface area contributed by atoms with Crippen molar-refractivity contribution in [1.82, 2.24) is 16.0 Å². The first-order valence-electron chi connectivity index (χ1n) is 11.7. The zero-order valence-corrected chi connectivity index (χ0v) is 19.0. The van der Waals surface area contributed by atoms with Gasteiger partial charge in [-0.1, -0.05) is 50.6 Å². The maximum Gasteiger partial charge on any atom is 0.243 e. The topological polar surface area (TPSA) is 104 Å². The highest BCUT2D eigenvalue weighted by atomic mass is 16.2. The van der Waals surface area contributed by atoms with Crippen molar-refractivity contribution in [2.24, 2.45) is 23.7 Å². The van der Waals surface area contributed by atoms with Gasteiger partial charge < -0.3 is 20.7 Å². The van der Waals surface area contributed by atoms with Crippen molar-refractivity contribution in [3.8, 4) is 0 Å². The van der Waals surface area contributed by atoms with Crippen LogP contribution in [0.3, 0.4) is 0 Å². The molecule has 0 aliphatic carbocycles. The lowest BCUT2D eigenvalue weighted by Gasteiger charge is -2.25. The number of benzene rings is 1. The smallest absolute Gasteiger partial charge is 0.243 e. The Labute approximate surface area is 190 Å². The Hall–Kier alpha value is -2.70. The number of carbonyl (C=O) groups is 4. The van der Waals surface area contributed by atoms with Crippen molar-refractivity contribution < 1.29 is 19.2 Å². The van der Waals surface area contributed by atoms with Crippen LogP contribution in [-0.2, 0) is 25.6 Å². The van der Waals surface area contributed by atoms with Gasteiger partial charge in [0.15, 0.2) is 0 Å². The molecule has 2 heterocycles. The molecule has 7 nitrogen and oxygen atoms in total. The van der Waals surface area contributed by atoms with E-state index in [1.807, 2.05) is 44.2 Å². The summed E-state index contributed by atoms with van der Waals surface area (Å²) in [5.41, 5.74) is 1.08. The summed E-state index contributed by atoms with van der Waals surface area (Å²) >= 11 is 0. The molecule has 3 N–H and O–H groups in total. The second-order valence-electron chi connectivity index (χ2n) is 9.61. The molecule has 2 aliphatic heterocycles. The first-order valence-corrected chi connectivity index (χ1v) is 11.7. The zero-order valence-electron chi connectivity index (χ0n) is 19.0. The van der Waals surface area contributed by atoms with Crippen LogP contribution in [0.4, 0.5) is 0 Å². The van der Waals surface area contributed by atoms with E-state index in [9.17, 15) is 19.2 Å². The Bertz CT molecular complexity index is 811. The quantitative estimate of drug-likeness (QED) is 0.608. The summed E-state index contributed by atoms with van der Waals surface area (Å²) < 4.78 is 0. The van der Waals surface area contributed by atoms with E-state index in [1.165, 1.54) is 0 Å². The average Bonchev–Trinajstić information content (AvgIpc) is 3.11. The molecule has 7 heteroatoms. The molecule has 1 aromatic carbocycles. The highest BCUT2D eigenvalue weighted by molar-refractivity contribution is 5.90. The van der Waals surface area contributed by atoms with Gasteiger partial charge in [0.1, 0.15) is 12.3 Å². The maximum atomic E-state index is 13.3. The Morgan fingerprint density at radius 1 is 1.00 bits per heavy atom. The van der Waals surface area contributed by atoms with Crippen LogP contribution in [-0.4, -0.2) is 42.6 Å². The third-order valence-electron chi connectivity index (χ3n) is 6.61. The number of rotatable bonds is 5. The number of hydrogen-bond donors (Lipinski definition) is 3. The lowest BCUT2D eigenvalue weighted by molar-refractivity contribution is -0.132. The van der Waals surface area contributed by atoms with Crippen molar-refractivity contribution in [2.75, 3.05) is 6.54 Å². The molecule has 0 saturated carbocycles. The first kappa shape index (κ1) is 24.0. The van der Waals surface area contributed by atoms with Gasteiger partial charge in [0.05, 0.1) is 6.04 Å². The van der Waals surface area contributed by atoms with E-state index in [0.717, 1.165) is 18.4 Å². The molecule has 0 bridgehead atoms. The van der Waals surface area contributed by atoms with Crippen LogP contribution < -0.4 is 16.0 Å². The maximum absolute atomic E-state index is 13.3. The van der Waals surface area contributed by atoms with Crippen molar-refractivity contribution >= 4 is 24.0 Å². The van der Waals surface area contributed by atoms with E-state index < -0.39 is 12.1 Å². The summed E-state index contributed by atoms with van der Waals surface area (Å²) in [6.07, 6.45) is 4.37. The largest absolute Gasteiger partial charge is 0.356 e. The molecule has 1 unspecified atom stereocenters. The number of nitrogens with one attached hydrogen (secondary N) is 3. The molecule has 2 aliphatic rings. The summed E-state index contributed by atoms with van der Waals surface area (Å²) in [7, 11) is 0. The van der Waals surface area contributed by atoms with E-state index in [2.05, 4.69) is 16.0 Å². The van der Waals surface area contributed by atoms with Crippen LogP contribution in [0.25, 0.3) is 0 Å². The monoisotopic (exact) mass is 441 g/mol. The van der Waals surface area contributed by atoms with Gasteiger partial charge in [-0.25, -0.2) is 0 Å². The highest BCUT2D eigenvalue weighted by Gasteiger charge is 2.37. The molecule has 5 atom stereocenters. The molecule has 174 valence electrons. The highest BCUT2D eigenvalue weighted by Crippen LogP contribution is 2.29. The molecule has 0 aromatic heterocycles. The van der Waals surface area contributed by atoms with Crippen LogP contribution in [0.2, 0.25) is 0 Å². The summed E-state index contributed by atoms with van der Waals surface area (Å²) in [4.78, 5) is 50.4. The minimum absolute atomic E-state index is 0.0558. The minimum Gasteiger partial charge on any atom is -0.356 e. The van der Waals surface area contributed by atoms with Gasteiger partial charge in [-0.2, -0.15) is 0 Å². The number of hydrogen-bond acceptors (Lipinski definition) is 4. The van der Waals surface area contributed by atoms with E-state index in [0.29, 0.717) is 38.5 Å². The third-order valence-corrected chi connectivity index (χ3v) is 6.61. The lowest BCUT2D eigenvalue weighted by atomic mass is 9.84.